The van der Waals surface area contributed by atoms with Gasteiger partial charge in [-0.1, -0.05) is 25.1 Å². The molecule has 0 radical (unpaired) electrons. The predicted molar refractivity (Wildman–Crippen MR) is 91.9 cm³/mol. The molecule has 0 spiro atoms. The molecule has 0 saturated heterocycles. The van der Waals surface area contributed by atoms with E-state index in [9.17, 15) is 9.59 Å². The number of aryl methyl sites for hydroxylation is 2. The van der Waals surface area contributed by atoms with E-state index < -0.39 is 5.97 Å². The Balaban J connectivity index is 1.68. The zero-order valence-corrected chi connectivity index (χ0v) is 14.8. The summed E-state index contributed by atoms with van der Waals surface area (Å²) in [4.78, 5) is 23.6. The fourth-order valence-electron chi connectivity index (χ4n) is 3.02. The number of para-hydroxylation sites is 1. The first-order chi connectivity index (χ1) is 11.5. The molecular formula is C19H27NO4. The van der Waals surface area contributed by atoms with Gasteiger partial charge in [0, 0.05) is 6.04 Å². The Morgan fingerprint density at radius 2 is 1.71 bits per heavy atom. The van der Waals surface area contributed by atoms with Gasteiger partial charge < -0.3 is 14.8 Å². The van der Waals surface area contributed by atoms with E-state index in [0.717, 1.165) is 42.7 Å². The average molecular weight is 333 g/mol. The highest BCUT2D eigenvalue weighted by Gasteiger charge is 2.20. The minimum absolute atomic E-state index is 0.195. The summed E-state index contributed by atoms with van der Waals surface area (Å²) in [6.07, 6.45) is 4.26. The Kier molecular flexibility index (Phi) is 6.64. The first-order valence-electron chi connectivity index (χ1n) is 8.59. The van der Waals surface area contributed by atoms with Crippen LogP contribution < -0.4 is 10.1 Å². The Labute approximate surface area is 143 Å². The summed E-state index contributed by atoms with van der Waals surface area (Å²) in [5.41, 5.74) is 1.93. The maximum absolute atomic E-state index is 11.9. The van der Waals surface area contributed by atoms with Crippen molar-refractivity contribution in [2.24, 2.45) is 5.92 Å². The molecule has 1 fully saturated rings. The number of amides is 1. The third-order valence-electron chi connectivity index (χ3n) is 4.49. The second-order valence-corrected chi connectivity index (χ2v) is 6.69. The number of ether oxygens (including phenoxy) is 2. The lowest BCUT2D eigenvalue weighted by molar-refractivity contribution is -0.150. The van der Waals surface area contributed by atoms with E-state index in [2.05, 4.69) is 12.2 Å². The summed E-state index contributed by atoms with van der Waals surface area (Å²) in [6.45, 7) is 5.63. The number of carbonyl (C=O) groups is 2. The Morgan fingerprint density at radius 1 is 1.08 bits per heavy atom. The molecule has 1 aliphatic rings. The lowest BCUT2D eigenvalue weighted by atomic mass is 9.87. The number of rotatable bonds is 6. The largest absolute Gasteiger partial charge is 0.481 e. The van der Waals surface area contributed by atoms with Gasteiger partial charge in [0.25, 0.3) is 5.91 Å². The summed E-state index contributed by atoms with van der Waals surface area (Å²) >= 11 is 0. The Bertz CT molecular complexity index is 556. The van der Waals surface area contributed by atoms with Crippen LogP contribution in [0.25, 0.3) is 0 Å². The standard InChI is InChI=1S/C19H27NO4/c1-13-7-9-16(10-8-13)20-17(21)11-23-18(22)12-24-19-14(2)5-4-6-15(19)3/h4-6,13,16H,7-12H2,1-3H3,(H,20,21). The Morgan fingerprint density at radius 3 is 2.33 bits per heavy atom. The fraction of sp³-hybridized carbons (Fsp3) is 0.579. The third-order valence-corrected chi connectivity index (χ3v) is 4.49. The minimum Gasteiger partial charge on any atom is -0.481 e. The lowest BCUT2D eigenvalue weighted by Crippen LogP contribution is -2.39. The smallest absolute Gasteiger partial charge is 0.344 e. The van der Waals surface area contributed by atoms with Crippen LogP contribution in [0.5, 0.6) is 5.75 Å². The number of nitrogens with one attached hydrogen (secondary N) is 1. The van der Waals surface area contributed by atoms with Gasteiger partial charge in [0.2, 0.25) is 0 Å². The van der Waals surface area contributed by atoms with Gasteiger partial charge in [-0.05, 0) is 56.6 Å². The van der Waals surface area contributed by atoms with Crippen molar-refractivity contribution in [3.63, 3.8) is 0 Å². The third kappa shape index (κ3) is 5.55. The van der Waals surface area contributed by atoms with Crippen LogP contribution in [0.15, 0.2) is 18.2 Å². The summed E-state index contributed by atoms with van der Waals surface area (Å²) in [5.74, 6) is 0.647. The molecule has 2 rings (SSSR count). The van der Waals surface area contributed by atoms with Gasteiger partial charge in [-0.2, -0.15) is 0 Å². The average Bonchev–Trinajstić information content (AvgIpc) is 2.54. The van der Waals surface area contributed by atoms with Crippen molar-refractivity contribution in [1.82, 2.24) is 5.32 Å². The second kappa shape index (κ2) is 8.71. The van der Waals surface area contributed by atoms with Crippen LogP contribution in [0, 0.1) is 19.8 Å². The molecule has 1 aliphatic carbocycles. The van der Waals surface area contributed by atoms with Gasteiger partial charge >= 0.3 is 5.97 Å². The van der Waals surface area contributed by atoms with E-state index in [0.29, 0.717) is 5.75 Å². The van der Waals surface area contributed by atoms with Crippen molar-refractivity contribution in [2.75, 3.05) is 13.2 Å². The number of hydrogen-bond donors (Lipinski definition) is 1. The first kappa shape index (κ1) is 18.3. The molecular weight excluding hydrogens is 306 g/mol. The van der Waals surface area contributed by atoms with Crippen LogP contribution in [0.4, 0.5) is 0 Å². The van der Waals surface area contributed by atoms with Crippen molar-refractivity contribution in [3.05, 3.63) is 29.3 Å². The molecule has 1 N–H and O–H groups in total. The van der Waals surface area contributed by atoms with Crippen molar-refractivity contribution < 1.29 is 19.1 Å². The molecule has 132 valence electrons. The zero-order valence-electron chi connectivity index (χ0n) is 14.8. The quantitative estimate of drug-likeness (QED) is 0.813. The van der Waals surface area contributed by atoms with Crippen molar-refractivity contribution in [3.8, 4) is 5.75 Å². The highest BCUT2D eigenvalue weighted by molar-refractivity contribution is 5.81. The van der Waals surface area contributed by atoms with Crippen molar-refractivity contribution >= 4 is 11.9 Å². The normalized spacial score (nSPS) is 20.3. The van der Waals surface area contributed by atoms with Gasteiger partial charge in [0.1, 0.15) is 5.75 Å². The molecule has 0 bridgehead atoms. The van der Waals surface area contributed by atoms with Crippen molar-refractivity contribution in [2.45, 2.75) is 52.5 Å². The Hall–Kier alpha value is -2.04. The lowest BCUT2D eigenvalue weighted by Gasteiger charge is -2.26. The molecule has 5 nitrogen and oxygen atoms in total. The maximum Gasteiger partial charge on any atom is 0.344 e. The van der Waals surface area contributed by atoms with E-state index in [1.807, 2.05) is 32.0 Å². The highest BCUT2D eigenvalue weighted by atomic mass is 16.6. The SMILES string of the molecule is Cc1cccc(C)c1OCC(=O)OCC(=O)NC1CCC(C)CC1. The number of benzene rings is 1. The molecule has 1 aromatic rings. The van der Waals surface area contributed by atoms with Gasteiger partial charge in [0.05, 0.1) is 0 Å². The number of carbonyl (C=O) groups excluding carboxylic acids is 2. The van der Waals surface area contributed by atoms with E-state index >= 15 is 0 Å². The molecule has 24 heavy (non-hydrogen) atoms. The van der Waals surface area contributed by atoms with Crippen LogP contribution in [0.3, 0.4) is 0 Å². The highest BCUT2D eigenvalue weighted by Crippen LogP contribution is 2.23. The van der Waals surface area contributed by atoms with Gasteiger partial charge in [-0.15, -0.1) is 0 Å². The number of esters is 1. The topological polar surface area (TPSA) is 64.6 Å². The molecule has 1 saturated carbocycles. The molecule has 0 aliphatic heterocycles. The summed E-state index contributed by atoms with van der Waals surface area (Å²) in [5, 5.41) is 2.93. The first-order valence-corrected chi connectivity index (χ1v) is 8.59. The molecule has 5 heteroatoms. The van der Waals surface area contributed by atoms with E-state index in [4.69, 9.17) is 9.47 Å². The molecule has 1 amide bonds. The van der Waals surface area contributed by atoms with Gasteiger partial charge in [-0.25, -0.2) is 4.79 Å². The number of hydrogen-bond acceptors (Lipinski definition) is 4. The van der Waals surface area contributed by atoms with E-state index in [1.54, 1.807) is 0 Å². The summed E-state index contributed by atoms with van der Waals surface area (Å²) in [6, 6.07) is 5.99. The molecule has 0 atom stereocenters. The van der Waals surface area contributed by atoms with Crippen LogP contribution in [0.1, 0.15) is 43.7 Å². The van der Waals surface area contributed by atoms with Crippen LogP contribution in [-0.2, 0) is 14.3 Å². The second-order valence-electron chi connectivity index (χ2n) is 6.69. The molecule has 1 aromatic carbocycles. The van der Waals surface area contributed by atoms with Crippen LogP contribution in [0.2, 0.25) is 0 Å². The van der Waals surface area contributed by atoms with E-state index in [-0.39, 0.29) is 25.2 Å². The van der Waals surface area contributed by atoms with Crippen molar-refractivity contribution in [1.29, 1.82) is 0 Å². The fourth-order valence-corrected chi connectivity index (χ4v) is 3.02. The molecule has 0 unspecified atom stereocenters. The monoisotopic (exact) mass is 333 g/mol. The maximum atomic E-state index is 11.9. The van der Waals surface area contributed by atoms with Gasteiger partial charge in [0.15, 0.2) is 13.2 Å². The summed E-state index contributed by atoms with van der Waals surface area (Å²) in [7, 11) is 0. The predicted octanol–water partition coefficient (Wildman–Crippen LogP) is 2.92. The van der Waals surface area contributed by atoms with Crippen LogP contribution >= 0.6 is 0 Å². The molecule has 0 heterocycles. The van der Waals surface area contributed by atoms with E-state index in [1.165, 1.54) is 0 Å². The summed E-state index contributed by atoms with van der Waals surface area (Å²) < 4.78 is 10.5. The zero-order chi connectivity index (χ0) is 17.5. The molecule has 0 aromatic heterocycles. The van der Waals surface area contributed by atoms with Crippen LogP contribution in [-0.4, -0.2) is 31.1 Å². The van der Waals surface area contributed by atoms with Gasteiger partial charge in [-0.3, -0.25) is 4.79 Å². The minimum atomic E-state index is -0.537.